The highest BCUT2D eigenvalue weighted by Gasteiger charge is 2.17. The van der Waals surface area contributed by atoms with E-state index in [0.717, 1.165) is 35.1 Å². The van der Waals surface area contributed by atoms with E-state index in [1.54, 1.807) is 28.4 Å². The molecule has 262 valence electrons. The van der Waals surface area contributed by atoms with Crippen molar-refractivity contribution in [3.8, 4) is 34.5 Å². The molecule has 0 bridgehead atoms. The SMILES string of the molecule is CCCCC(CC)COc1cc(C=Cc2ccc(C=Cc3cc(OC)c(OC)c(OCC(CC)CCCC)c3)cc2)cc(OC)c1OC. The molecule has 6 heteroatoms. The molecule has 0 N–H and O–H groups in total. The predicted octanol–water partition coefficient (Wildman–Crippen LogP) is 11.3. The van der Waals surface area contributed by atoms with Crippen molar-refractivity contribution in [1.82, 2.24) is 0 Å². The van der Waals surface area contributed by atoms with Gasteiger partial charge in [-0.15, -0.1) is 0 Å². The molecule has 0 saturated heterocycles. The highest BCUT2D eigenvalue weighted by molar-refractivity contribution is 5.75. The Labute approximate surface area is 290 Å². The molecule has 0 fully saturated rings. The molecule has 0 aliphatic carbocycles. The van der Waals surface area contributed by atoms with Crippen molar-refractivity contribution in [1.29, 1.82) is 0 Å². The number of methoxy groups -OCH3 is 4. The highest BCUT2D eigenvalue weighted by Crippen LogP contribution is 2.40. The molecule has 48 heavy (non-hydrogen) atoms. The fraction of sp³-hybridized carbons (Fsp3) is 0.476. The second-order valence-electron chi connectivity index (χ2n) is 12.3. The van der Waals surface area contributed by atoms with E-state index in [4.69, 9.17) is 28.4 Å². The van der Waals surface area contributed by atoms with Crippen LogP contribution in [0, 0.1) is 11.8 Å². The van der Waals surface area contributed by atoms with Gasteiger partial charge in [-0.1, -0.05) is 115 Å². The third kappa shape index (κ3) is 11.6. The summed E-state index contributed by atoms with van der Waals surface area (Å²) in [6, 6.07) is 16.4. The summed E-state index contributed by atoms with van der Waals surface area (Å²) in [5, 5.41) is 0. The van der Waals surface area contributed by atoms with Crippen LogP contribution in [-0.2, 0) is 0 Å². The zero-order chi connectivity index (χ0) is 34.7. The van der Waals surface area contributed by atoms with Crippen LogP contribution in [0.5, 0.6) is 34.5 Å². The fourth-order valence-corrected chi connectivity index (χ4v) is 5.62. The van der Waals surface area contributed by atoms with Crippen molar-refractivity contribution < 1.29 is 28.4 Å². The zero-order valence-corrected chi connectivity index (χ0v) is 30.6. The molecule has 2 atom stereocenters. The summed E-state index contributed by atoms with van der Waals surface area (Å²) in [5.41, 5.74) is 4.14. The number of rotatable bonds is 22. The first-order chi connectivity index (χ1) is 23.4. The molecule has 0 aromatic heterocycles. The topological polar surface area (TPSA) is 55.4 Å². The summed E-state index contributed by atoms with van der Waals surface area (Å²) in [5.74, 6) is 5.01. The molecular formula is C42H58O6. The molecule has 6 nitrogen and oxygen atoms in total. The van der Waals surface area contributed by atoms with E-state index >= 15 is 0 Å². The second kappa shape index (κ2) is 21.0. The molecule has 2 unspecified atom stereocenters. The van der Waals surface area contributed by atoms with Crippen LogP contribution in [0.3, 0.4) is 0 Å². The van der Waals surface area contributed by atoms with Gasteiger partial charge in [0.05, 0.1) is 41.7 Å². The molecule has 0 heterocycles. The van der Waals surface area contributed by atoms with Gasteiger partial charge in [0, 0.05) is 0 Å². The van der Waals surface area contributed by atoms with Gasteiger partial charge in [0.1, 0.15) is 0 Å². The minimum absolute atomic E-state index is 0.517. The van der Waals surface area contributed by atoms with Crippen LogP contribution >= 0.6 is 0 Å². The van der Waals surface area contributed by atoms with Gasteiger partial charge in [-0.05, 0) is 71.2 Å². The first-order valence-corrected chi connectivity index (χ1v) is 17.7. The van der Waals surface area contributed by atoms with E-state index < -0.39 is 0 Å². The highest BCUT2D eigenvalue weighted by atomic mass is 16.5. The van der Waals surface area contributed by atoms with Crippen molar-refractivity contribution in [3.05, 3.63) is 70.8 Å². The number of benzene rings is 3. The summed E-state index contributed by atoms with van der Waals surface area (Å²) >= 11 is 0. The minimum Gasteiger partial charge on any atom is -0.493 e. The smallest absolute Gasteiger partial charge is 0.203 e. The molecule has 3 aromatic rings. The first-order valence-electron chi connectivity index (χ1n) is 17.7. The maximum Gasteiger partial charge on any atom is 0.203 e. The molecule has 0 aliphatic rings. The van der Waals surface area contributed by atoms with E-state index in [-0.39, 0.29) is 0 Å². The average Bonchev–Trinajstić information content (AvgIpc) is 3.12. The largest absolute Gasteiger partial charge is 0.493 e. The Morgan fingerprint density at radius 2 is 0.833 bits per heavy atom. The minimum atomic E-state index is 0.517. The third-order valence-corrected chi connectivity index (χ3v) is 8.84. The summed E-state index contributed by atoms with van der Waals surface area (Å²) in [6.07, 6.45) is 17.7. The van der Waals surface area contributed by atoms with Crippen molar-refractivity contribution in [2.75, 3.05) is 41.7 Å². The molecule has 3 aromatic carbocycles. The Morgan fingerprint density at radius 3 is 1.15 bits per heavy atom. The van der Waals surface area contributed by atoms with E-state index in [1.807, 2.05) is 24.3 Å². The van der Waals surface area contributed by atoms with E-state index in [0.29, 0.717) is 59.5 Å². The van der Waals surface area contributed by atoms with E-state index in [2.05, 4.69) is 76.3 Å². The van der Waals surface area contributed by atoms with Crippen molar-refractivity contribution in [2.24, 2.45) is 11.8 Å². The molecule has 3 rings (SSSR count). The van der Waals surface area contributed by atoms with E-state index in [9.17, 15) is 0 Å². The Bertz CT molecular complexity index is 1320. The quantitative estimate of drug-likeness (QED) is 0.100. The van der Waals surface area contributed by atoms with Crippen LogP contribution < -0.4 is 28.4 Å². The lowest BCUT2D eigenvalue weighted by molar-refractivity contribution is 0.221. The zero-order valence-electron chi connectivity index (χ0n) is 30.6. The van der Waals surface area contributed by atoms with Crippen molar-refractivity contribution >= 4 is 24.3 Å². The van der Waals surface area contributed by atoms with Gasteiger partial charge in [0.25, 0.3) is 0 Å². The molecule has 0 aliphatic heterocycles. The Kier molecular flexibility index (Phi) is 16.8. The van der Waals surface area contributed by atoms with Crippen LogP contribution in [0.1, 0.15) is 101 Å². The molecule has 0 radical (unpaired) electrons. The Morgan fingerprint density at radius 1 is 0.479 bits per heavy atom. The van der Waals surface area contributed by atoms with Gasteiger partial charge in [-0.3, -0.25) is 0 Å². The van der Waals surface area contributed by atoms with Crippen LogP contribution in [0.25, 0.3) is 24.3 Å². The molecular weight excluding hydrogens is 600 g/mol. The maximum absolute atomic E-state index is 6.30. The van der Waals surface area contributed by atoms with Gasteiger partial charge in [0.2, 0.25) is 11.5 Å². The Hall–Kier alpha value is -4.06. The van der Waals surface area contributed by atoms with Crippen LogP contribution in [0.15, 0.2) is 48.5 Å². The first kappa shape index (κ1) is 38.4. The summed E-state index contributed by atoms with van der Waals surface area (Å²) in [7, 11) is 6.62. The van der Waals surface area contributed by atoms with Gasteiger partial charge < -0.3 is 28.4 Å². The standard InChI is InChI=1S/C42H58O6/c1-9-13-15-31(11-3)29-47-39-27-35(25-37(43-5)41(39)45-7)23-21-33-17-19-34(20-18-33)22-24-36-26-38(44-6)42(46-8)40(28-36)48-30-32(12-4)16-14-10-2/h17-28,31-32H,9-16,29-30H2,1-8H3. The normalized spacial score (nSPS) is 12.7. The van der Waals surface area contributed by atoms with E-state index in [1.165, 1.54) is 38.5 Å². The summed E-state index contributed by atoms with van der Waals surface area (Å²) < 4.78 is 35.3. The fourth-order valence-electron chi connectivity index (χ4n) is 5.62. The molecule has 0 spiro atoms. The van der Waals surface area contributed by atoms with Gasteiger partial charge in [0.15, 0.2) is 23.0 Å². The number of unbranched alkanes of at least 4 members (excludes halogenated alkanes) is 2. The monoisotopic (exact) mass is 658 g/mol. The number of ether oxygens (including phenoxy) is 6. The van der Waals surface area contributed by atoms with Crippen LogP contribution in [0.4, 0.5) is 0 Å². The maximum atomic E-state index is 6.30. The average molecular weight is 659 g/mol. The number of hydrogen-bond acceptors (Lipinski definition) is 6. The van der Waals surface area contributed by atoms with Crippen molar-refractivity contribution in [2.45, 2.75) is 79.1 Å². The van der Waals surface area contributed by atoms with Gasteiger partial charge in [-0.2, -0.15) is 0 Å². The second-order valence-corrected chi connectivity index (χ2v) is 12.3. The van der Waals surface area contributed by atoms with Gasteiger partial charge in [-0.25, -0.2) is 0 Å². The van der Waals surface area contributed by atoms with Gasteiger partial charge >= 0.3 is 0 Å². The van der Waals surface area contributed by atoms with Crippen molar-refractivity contribution in [3.63, 3.8) is 0 Å². The molecule has 0 amide bonds. The molecule has 0 saturated carbocycles. The summed E-state index contributed by atoms with van der Waals surface area (Å²) in [6.45, 7) is 10.2. The lowest BCUT2D eigenvalue weighted by Crippen LogP contribution is -2.12. The lowest BCUT2D eigenvalue weighted by Gasteiger charge is -2.19. The van der Waals surface area contributed by atoms with Crippen LogP contribution in [-0.4, -0.2) is 41.7 Å². The summed E-state index contributed by atoms with van der Waals surface area (Å²) in [4.78, 5) is 0. The lowest BCUT2D eigenvalue weighted by atomic mass is 10.0. The predicted molar refractivity (Wildman–Crippen MR) is 201 cm³/mol. The number of hydrogen-bond donors (Lipinski definition) is 0. The third-order valence-electron chi connectivity index (χ3n) is 8.84. The Balaban J connectivity index is 1.75. The van der Waals surface area contributed by atoms with Crippen LogP contribution in [0.2, 0.25) is 0 Å².